The number of benzene rings is 2. The number of aryl methyl sites for hydroxylation is 1. The Balaban J connectivity index is 1.62. The van der Waals surface area contributed by atoms with Gasteiger partial charge >= 0.3 is 6.18 Å². The molecule has 31 heavy (non-hydrogen) atoms. The number of ketones is 1. The zero-order chi connectivity index (χ0) is 22.2. The van der Waals surface area contributed by atoms with Gasteiger partial charge in [0.15, 0.2) is 5.78 Å². The fourth-order valence-corrected chi connectivity index (χ4v) is 3.63. The Morgan fingerprint density at radius 1 is 1.19 bits per heavy atom. The molecule has 1 amide bonds. The van der Waals surface area contributed by atoms with Gasteiger partial charge in [0.2, 0.25) is 5.76 Å². The number of hydrogen-bond acceptors (Lipinski definition) is 5. The average molecular weight is 430 g/mol. The Labute approximate surface area is 175 Å². The SMILES string of the molecule is COc1ccc2c(c1)CCC(NC(=O)c1onc(-c3ccccc3)c1C(F)(F)F)C2=O. The normalized spacial score (nSPS) is 16.0. The first-order chi connectivity index (χ1) is 14.8. The van der Waals surface area contributed by atoms with E-state index < -0.39 is 35.1 Å². The van der Waals surface area contributed by atoms with Gasteiger partial charge in [-0.1, -0.05) is 35.5 Å². The van der Waals surface area contributed by atoms with E-state index in [1.165, 1.54) is 19.2 Å². The van der Waals surface area contributed by atoms with E-state index in [0.29, 0.717) is 17.7 Å². The number of aromatic nitrogens is 1. The van der Waals surface area contributed by atoms with Crippen molar-refractivity contribution in [3.05, 3.63) is 71.0 Å². The summed E-state index contributed by atoms with van der Waals surface area (Å²) in [5.74, 6) is -1.90. The predicted molar refractivity (Wildman–Crippen MR) is 104 cm³/mol. The molecule has 160 valence electrons. The molecule has 1 N–H and O–H groups in total. The van der Waals surface area contributed by atoms with Crippen LogP contribution in [0.2, 0.25) is 0 Å². The topological polar surface area (TPSA) is 81.4 Å². The van der Waals surface area contributed by atoms with E-state index in [9.17, 15) is 22.8 Å². The number of nitrogens with one attached hydrogen (secondary N) is 1. The van der Waals surface area contributed by atoms with Crippen LogP contribution in [0.4, 0.5) is 13.2 Å². The molecule has 2 aromatic carbocycles. The van der Waals surface area contributed by atoms with Crippen molar-refractivity contribution in [1.82, 2.24) is 10.5 Å². The van der Waals surface area contributed by atoms with Gasteiger partial charge in [0.05, 0.1) is 13.2 Å². The molecule has 0 bridgehead atoms. The van der Waals surface area contributed by atoms with Crippen molar-refractivity contribution in [2.45, 2.75) is 25.1 Å². The first-order valence-electron chi connectivity index (χ1n) is 9.44. The zero-order valence-corrected chi connectivity index (χ0v) is 16.3. The highest BCUT2D eigenvalue weighted by molar-refractivity contribution is 6.06. The summed E-state index contributed by atoms with van der Waals surface area (Å²) in [6.45, 7) is 0. The number of nitrogens with zero attached hydrogens (tertiary/aromatic N) is 1. The third-order valence-electron chi connectivity index (χ3n) is 5.13. The number of carbonyl (C=O) groups excluding carboxylic acids is 2. The number of rotatable bonds is 4. The van der Waals surface area contributed by atoms with Crippen LogP contribution in [0.25, 0.3) is 11.3 Å². The number of fused-ring (bicyclic) bond motifs is 1. The number of carbonyl (C=O) groups is 2. The minimum absolute atomic E-state index is 0.161. The standard InChI is InChI=1S/C22H17F3N2O4/c1-30-14-8-9-15-13(11-14)7-10-16(19(15)28)26-21(29)20-17(22(23,24)25)18(27-31-20)12-5-3-2-4-6-12/h2-6,8-9,11,16H,7,10H2,1H3,(H,26,29). The monoisotopic (exact) mass is 430 g/mol. The van der Waals surface area contributed by atoms with E-state index in [4.69, 9.17) is 9.26 Å². The molecule has 4 rings (SSSR count). The lowest BCUT2D eigenvalue weighted by Gasteiger charge is -2.24. The van der Waals surface area contributed by atoms with Gasteiger partial charge in [-0.2, -0.15) is 13.2 Å². The Bertz CT molecular complexity index is 1140. The van der Waals surface area contributed by atoms with Gasteiger partial charge in [-0.25, -0.2) is 0 Å². The molecule has 0 saturated carbocycles. The second-order valence-electron chi connectivity index (χ2n) is 7.05. The maximum atomic E-state index is 13.8. The van der Waals surface area contributed by atoms with Crippen molar-refractivity contribution in [2.24, 2.45) is 0 Å². The van der Waals surface area contributed by atoms with Gasteiger partial charge in [-0.15, -0.1) is 0 Å². The number of amides is 1. The first kappa shape index (κ1) is 20.6. The maximum Gasteiger partial charge on any atom is 0.422 e. The summed E-state index contributed by atoms with van der Waals surface area (Å²) >= 11 is 0. The highest BCUT2D eigenvalue weighted by Gasteiger charge is 2.43. The van der Waals surface area contributed by atoms with Crippen LogP contribution < -0.4 is 10.1 Å². The minimum Gasteiger partial charge on any atom is -0.497 e. The number of methoxy groups -OCH3 is 1. The van der Waals surface area contributed by atoms with Crippen LogP contribution in [-0.4, -0.2) is 30.0 Å². The molecule has 1 aliphatic carbocycles. The minimum atomic E-state index is -4.88. The van der Waals surface area contributed by atoms with Crippen molar-refractivity contribution >= 4 is 11.7 Å². The Morgan fingerprint density at radius 2 is 1.94 bits per heavy atom. The quantitative estimate of drug-likeness (QED) is 0.668. The number of alkyl halides is 3. The van der Waals surface area contributed by atoms with E-state index >= 15 is 0 Å². The van der Waals surface area contributed by atoms with E-state index in [0.717, 1.165) is 5.56 Å². The largest absolute Gasteiger partial charge is 0.497 e. The van der Waals surface area contributed by atoms with Crippen LogP contribution in [0.15, 0.2) is 53.1 Å². The van der Waals surface area contributed by atoms with Crippen LogP contribution in [0, 0.1) is 0 Å². The number of hydrogen-bond donors (Lipinski definition) is 1. The third-order valence-corrected chi connectivity index (χ3v) is 5.13. The molecule has 1 unspecified atom stereocenters. The Morgan fingerprint density at radius 3 is 2.61 bits per heavy atom. The van der Waals surface area contributed by atoms with Crippen molar-refractivity contribution in [3.8, 4) is 17.0 Å². The molecule has 3 aromatic rings. The number of Topliss-reactive ketones (excluding diaryl/α,β-unsaturated/α-hetero) is 1. The summed E-state index contributed by atoms with van der Waals surface area (Å²) in [6, 6.07) is 11.6. The van der Waals surface area contributed by atoms with Gasteiger partial charge in [0.1, 0.15) is 17.0 Å². The van der Waals surface area contributed by atoms with Crippen LogP contribution in [-0.2, 0) is 12.6 Å². The Kier molecular flexibility index (Phi) is 5.26. The molecule has 0 fully saturated rings. The molecule has 0 saturated heterocycles. The fraction of sp³-hybridized carbons (Fsp3) is 0.227. The molecule has 1 aliphatic rings. The van der Waals surface area contributed by atoms with Gasteiger partial charge in [-0.05, 0) is 36.6 Å². The smallest absolute Gasteiger partial charge is 0.422 e. The summed E-state index contributed by atoms with van der Waals surface area (Å²) < 4.78 is 51.2. The van der Waals surface area contributed by atoms with E-state index in [2.05, 4.69) is 10.5 Å². The lowest BCUT2D eigenvalue weighted by atomic mass is 9.87. The van der Waals surface area contributed by atoms with Crippen molar-refractivity contribution in [3.63, 3.8) is 0 Å². The van der Waals surface area contributed by atoms with Crippen LogP contribution in [0.1, 0.15) is 38.5 Å². The van der Waals surface area contributed by atoms with Gasteiger partial charge in [-0.3, -0.25) is 9.59 Å². The van der Waals surface area contributed by atoms with Crippen molar-refractivity contribution in [1.29, 1.82) is 0 Å². The van der Waals surface area contributed by atoms with Gasteiger partial charge in [0, 0.05) is 11.1 Å². The number of halogens is 3. The average Bonchev–Trinajstić information content (AvgIpc) is 3.22. The second kappa shape index (κ2) is 7.90. The third kappa shape index (κ3) is 3.90. The lowest BCUT2D eigenvalue weighted by molar-refractivity contribution is -0.137. The molecular formula is C22H17F3N2O4. The zero-order valence-electron chi connectivity index (χ0n) is 16.3. The number of ether oxygens (including phenoxy) is 1. The Hall–Kier alpha value is -3.62. The second-order valence-corrected chi connectivity index (χ2v) is 7.05. The summed E-state index contributed by atoms with van der Waals surface area (Å²) in [6.07, 6.45) is -4.18. The highest BCUT2D eigenvalue weighted by atomic mass is 19.4. The lowest BCUT2D eigenvalue weighted by Crippen LogP contribution is -2.43. The van der Waals surface area contributed by atoms with E-state index in [1.54, 1.807) is 36.4 Å². The van der Waals surface area contributed by atoms with Crippen LogP contribution >= 0.6 is 0 Å². The molecule has 1 heterocycles. The molecule has 0 aliphatic heterocycles. The summed E-state index contributed by atoms with van der Waals surface area (Å²) in [4.78, 5) is 25.4. The summed E-state index contributed by atoms with van der Waals surface area (Å²) in [7, 11) is 1.51. The van der Waals surface area contributed by atoms with Gasteiger partial charge in [0.25, 0.3) is 5.91 Å². The summed E-state index contributed by atoms with van der Waals surface area (Å²) in [5.41, 5.74) is -0.433. The highest BCUT2D eigenvalue weighted by Crippen LogP contribution is 2.39. The van der Waals surface area contributed by atoms with Crippen LogP contribution in [0.5, 0.6) is 5.75 Å². The first-order valence-corrected chi connectivity index (χ1v) is 9.44. The molecule has 6 nitrogen and oxygen atoms in total. The summed E-state index contributed by atoms with van der Waals surface area (Å²) in [5, 5.41) is 5.86. The van der Waals surface area contributed by atoms with E-state index in [1.807, 2.05) is 0 Å². The van der Waals surface area contributed by atoms with Crippen LogP contribution in [0.3, 0.4) is 0 Å². The molecule has 1 aromatic heterocycles. The predicted octanol–water partition coefficient (Wildman–Crippen LogP) is 4.30. The molecule has 0 spiro atoms. The van der Waals surface area contributed by atoms with Gasteiger partial charge < -0.3 is 14.6 Å². The van der Waals surface area contributed by atoms with Crippen molar-refractivity contribution in [2.75, 3.05) is 7.11 Å². The molecule has 1 atom stereocenters. The molecule has 9 heteroatoms. The fourth-order valence-electron chi connectivity index (χ4n) is 3.63. The van der Waals surface area contributed by atoms with E-state index in [-0.39, 0.29) is 17.8 Å². The maximum absolute atomic E-state index is 13.8. The van der Waals surface area contributed by atoms with Crippen molar-refractivity contribution < 1.29 is 32.0 Å². The molecular weight excluding hydrogens is 413 g/mol. The molecule has 0 radical (unpaired) electrons.